The van der Waals surface area contributed by atoms with Crippen molar-refractivity contribution in [2.75, 3.05) is 56.2 Å². The minimum absolute atomic E-state index is 0.00604. The van der Waals surface area contributed by atoms with Crippen LogP contribution in [0.15, 0.2) is 18.2 Å². The Balaban J connectivity index is 1.79. The molecule has 1 aromatic rings. The first-order valence-electron chi connectivity index (χ1n) is 11.9. The quantitative estimate of drug-likeness (QED) is 0.554. The molecule has 1 aromatic carbocycles. The SMILES string of the molecule is COC(=O)N1c2ccc(C(CN)CNCCN3CCCC3=O)cc2N(C(=O)OC(C)C)C[C@@H]1C. The average molecular weight is 476 g/mol. The van der Waals surface area contributed by atoms with E-state index in [1.807, 2.05) is 30.0 Å². The fourth-order valence-electron chi connectivity index (χ4n) is 4.48. The van der Waals surface area contributed by atoms with Gasteiger partial charge in [-0.25, -0.2) is 9.59 Å². The van der Waals surface area contributed by atoms with Gasteiger partial charge in [-0.1, -0.05) is 6.07 Å². The number of carbonyl (C=O) groups is 3. The number of anilines is 2. The van der Waals surface area contributed by atoms with Gasteiger partial charge in [-0.05, 0) is 44.9 Å². The lowest BCUT2D eigenvalue weighted by Gasteiger charge is -2.40. The lowest BCUT2D eigenvalue weighted by atomic mass is 9.96. The molecule has 0 bridgehead atoms. The normalized spacial score (nSPS) is 18.8. The third-order valence-electron chi connectivity index (χ3n) is 6.24. The topological polar surface area (TPSA) is 117 Å². The molecule has 3 N–H and O–H groups in total. The highest BCUT2D eigenvalue weighted by Crippen LogP contribution is 2.38. The summed E-state index contributed by atoms with van der Waals surface area (Å²) < 4.78 is 10.4. The van der Waals surface area contributed by atoms with Gasteiger partial charge in [0.25, 0.3) is 0 Å². The second-order valence-corrected chi connectivity index (χ2v) is 9.10. The Labute approximate surface area is 201 Å². The van der Waals surface area contributed by atoms with E-state index in [1.54, 1.807) is 23.6 Å². The molecule has 10 nitrogen and oxygen atoms in total. The van der Waals surface area contributed by atoms with Gasteiger partial charge in [0.2, 0.25) is 5.91 Å². The van der Waals surface area contributed by atoms with Crippen LogP contribution in [0.1, 0.15) is 45.1 Å². The molecule has 2 aliphatic heterocycles. The zero-order valence-electron chi connectivity index (χ0n) is 20.6. The van der Waals surface area contributed by atoms with E-state index in [2.05, 4.69) is 5.32 Å². The van der Waals surface area contributed by atoms with Crippen molar-refractivity contribution in [1.29, 1.82) is 0 Å². The molecule has 3 rings (SSSR count). The fourth-order valence-corrected chi connectivity index (χ4v) is 4.48. The van der Waals surface area contributed by atoms with E-state index in [1.165, 1.54) is 7.11 Å². The zero-order valence-corrected chi connectivity index (χ0v) is 20.6. The molecule has 0 spiro atoms. The Morgan fingerprint density at radius 1 is 1.24 bits per heavy atom. The minimum Gasteiger partial charge on any atom is -0.452 e. The lowest BCUT2D eigenvalue weighted by molar-refractivity contribution is -0.127. The maximum atomic E-state index is 12.9. The summed E-state index contributed by atoms with van der Waals surface area (Å²) in [6.45, 7) is 8.97. The number of amides is 3. The number of nitrogens with two attached hydrogens (primary N) is 1. The van der Waals surface area contributed by atoms with Crippen LogP contribution < -0.4 is 20.9 Å². The van der Waals surface area contributed by atoms with Crippen LogP contribution in [0.5, 0.6) is 0 Å². The van der Waals surface area contributed by atoms with E-state index in [0.717, 1.165) is 18.5 Å². The van der Waals surface area contributed by atoms with Crippen molar-refractivity contribution in [2.24, 2.45) is 5.73 Å². The number of nitrogens with one attached hydrogen (secondary N) is 1. The largest absolute Gasteiger partial charge is 0.452 e. The van der Waals surface area contributed by atoms with Crippen molar-refractivity contribution in [2.45, 2.75) is 51.7 Å². The Morgan fingerprint density at radius 3 is 2.62 bits per heavy atom. The van der Waals surface area contributed by atoms with E-state index < -0.39 is 12.2 Å². The van der Waals surface area contributed by atoms with Gasteiger partial charge in [0.1, 0.15) is 0 Å². The lowest BCUT2D eigenvalue weighted by Crippen LogP contribution is -2.52. The molecule has 0 aliphatic carbocycles. The molecule has 0 radical (unpaired) electrons. The number of carbonyl (C=O) groups excluding carboxylic acids is 3. The molecule has 188 valence electrons. The van der Waals surface area contributed by atoms with E-state index in [4.69, 9.17) is 15.2 Å². The van der Waals surface area contributed by atoms with Crippen LogP contribution in [0.2, 0.25) is 0 Å². The molecule has 2 atom stereocenters. The van der Waals surface area contributed by atoms with Gasteiger partial charge in [0.05, 0.1) is 37.2 Å². The van der Waals surface area contributed by atoms with Gasteiger partial charge in [-0.2, -0.15) is 0 Å². The highest BCUT2D eigenvalue weighted by molar-refractivity contribution is 6.01. The van der Waals surface area contributed by atoms with Crippen molar-refractivity contribution in [3.63, 3.8) is 0 Å². The zero-order chi connectivity index (χ0) is 24.8. The first kappa shape index (κ1) is 25.8. The van der Waals surface area contributed by atoms with Gasteiger partial charge in [-0.15, -0.1) is 0 Å². The molecular formula is C24H37N5O5. The maximum absolute atomic E-state index is 12.9. The molecule has 3 amide bonds. The van der Waals surface area contributed by atoms with Gasteiger partial charge in [0.15, 0.2) is 0 Å². The van der Waals surface area contributed by atoms with E-state index in [-0.39, 0.29) is 30.5 Å². The third-order valence-corrected chi connectivity index (χ3v) is 6.24. The number of ether oxygens (including phenoxy) is 2. The summed E-state index contributed by atoms with van der Waals surface area (Å²) in [4.78, 5) is 42.2. The minimum atomic E-state index is -0.480. The second-order valence-electron chi connectivity index (χ2n) is 9.10. The predicted octanol–water partition coefficient (Wildman–Crippen LogP) is 2.27. The van der Waals surface area contributed by atoms with Crippen LogP contribution in [0.25, 0.3) is 0 Å². The summed E-state index contributed by atoms with van der Waals surface area (Å²) in [6.07, 6.45) is 0.360. The van der Waals surface area contributed by atoms with Gasteiger partial charge in [0, 0.05) is 45.1 Å². The number of rotatable bonds is 8. The molecule has 1 fully saturated rings. The summed E-state index contributed by atoms with van der Waals surface area (Å²) in [5.74, 6) is 0.207. The Kier molecular flexibility index (Phi) is 8.73. The number of hydrogen-bond donors (Lipinski definition) is 2. The number of hydrogen-bond acceptors (Lipinski definition) is 7. The molecular weight excluding hydrogens is 438 g/mol. The van der Waals surface area contributed by atoms with Crippen molar-refractivity contribution in [1.82, 2.24) is 10.2 Å². The smallest absolute Gasteiger partial charge is 0.414 e. The Bertz CT molecular complexity index is 893. The Hall–Kier alpha value is -2.85. The molecule has 2 aliphatic rings. The maximum Gasteiger partial charge on any atom is 0.414 e. The summed E-state index contributed by atoms with van der Waals surface area (Å²) in [5.41, 5.74) is 8.22. The number of fused-ring (bicyclic) bond motifs is 1. The predicted molar refractivity (Wildman–Crippen MR) is 130 cm³/mol. The summed E-state index contributed by atoms with van der Waals surface area (Å²) in [5, 5.41) is 3.40. The van der Waals surface area contributed by atoms with Gasteiger partial charge in [-0.3, -0.25) is 14.6 Å². The molecule has 0 aromatic heterocycles. The highest BCUT2D eigenvalue weighted by Gasteiger charge is 2.37. The molecule has 0 saturated carbocycles. The monoisotopic (exact) mass is 475 g/mol. The molecule has 10 heteroatoms. The van der Waals surface area contributed by atoms with Crippen LogP contribution in [0.4, 0.5) is 21.0 Å². The van der Waals surface area contributed by atoms with Crippen LogP contribution in [0.3, 0.4) is 0 Å². The van der Waals surface area contributed by atoms with Crippen LogP contribution in [0, 0.1) is 0 Å². The first-order chi connectivity index (χ1) is 16.3. The molecule has 34 heavy (non-hydrogen) atoms. The summed E-state index contributed by atoms with van der Waals surface area (Å²) in [6, 6.07) is 5.38. The fraction of sp³-hybridized carbons (Fsp3) is 0.625. The van der Waals surface area contributed by atoms with E-state index in [9.17, 15) is 14.4 Å². The van der Waals surface area contributed by atoms with E-state index in [0.29, 0.717) is 44.0 Å². The number of benzene rings is 1. The van der Waals surface area contributed by atoms with Crippen LogP contribution in [-0.2, 0) is 14.3 Å². The number of methoxy groups -OCH3 is 1. The van der Waals surface area contributed by atoms with Gasteiger partial charge >= 0.3 is 12.2 Å². The van der Waals surface area contributed by atoms with Gasteiger partial charge < -0.3 is 25.4 Å². The van der Waals surface area contributed by atoms with Crippen LogP contribution >= 0.6 is 0 Å². The second kappa shape index (κ2) is 11.5. The average Bonchev–Trinajstić information content (AvgIpc) is 3.22. The number of nitrogens with zero attached hydrogens (tertiary/aromatic N) is 3. The standard InChI is InChI=1S/C24H37N5O5/c1-16(2)34-23(31)28-15-17(3)29(24(32)33-4)20-8-7-18(12-21(20)28)19(13-25)14-26-9-11-27-10-5-6-22(27)30/h7-8,12,16-17,19,26H,5-6,9-11,13-15,25H2,1-4H3/t17-,19?/m0/s1. The Morgan fingerprint density at radius 2 is 2.00 bits per heavy atom. The summed E-state index contributed by atoms with van der Waals surface area (Å²) in [7, 11) is 1.34. The first-order valence-corrected chi connectivity index (χ1v) is 11.9. The van der Waals surface area contributed by atoms with Crippen molar-refractivity contribution >= 4 is 29.5 Å². The molecule has 2 heterocycles. The molecule has 1 saturated heterocycles. The van der Waals surface area contributed by atoms with Crippen molar-refractivity contribution in [3.05, 3.63) is 23.8 Å². The number of likely N-dealkylation sites (tertiary alicyclic amines) is 1. The highest BCUT2D eigenvalue weighted by atomic mass is 16.6. The van der Waals surface area contributed by atoms with Crippen molar-refractivity contribution in [3.8, 4) is 0 Å². The van der Waals surface area contributed by atoms with Crippen LogP contribution in [-0.4, -0.2) is 81.5 Å². The third kappa shape index (κ3) is 5.79. The van der Waals surface area contributed by atoms with Crippen molar-refractivity contribution < 1.29 is 23.9 Å². The summed E-state index contributed by atoms with van der Waals surface area (Å²) >= 11 is 0. The van der Waals surface area contributed by atoms with E-state index >= 15 is 0 Å². The molecule has 1 unspecified atom stereocenters.